The van der Waals surface area contributed by atoms with Crippen LogP contribution in [0.4, 0.5) is 4.39 Å². The number of nitrogens with one attached hydrogen (secondary N) is 2. The van der Waals surface area contributed by atoms with Crippen LogP contribution in [0, 0.1) is 5.82 Å². The summed E-state index contributed by atoms with van der Waals surface area (Å²) in [5, 5.41) is 5.66. The molecule has 0 saturated carbocycles. The van der Waals surface area contributed by atoms with Crippen LogP contribution in [0.25, 0.3) is 6.08 Å². The number of carbonyl (C=O) groups is 3. The van der Waals surface area contributed by atoms with Crippen molar-refractivity contribution in [1.82, 2.24) is 15.5 Å². The van der Waals surface area contributed by atoms with Gasteiger partial charge in [0.25, 0.3) is 5.91 Å². The molecule has 1 aliphatic rings. The lowest BCUT2D eigenvalue weighted by atomic mass is 10.2. The molecule has 0 radical (unpaired) electrons. The van der Waals surface area contributed by atoms with E-state index < -0.39 is 23.5 Å². The predicted octanol–water partition coefficient (Wildman–Crippen LogP) is 2.47. The minimum atomic E-state index is -0.494. The van der Waals surface area contributed by atoms with Crippen LogP contribution in [-0.4, -0.2) is 35.1 Å². The summed E-state index contributed by atoms with van der Waals surface area (Å²) in [5.41, 5.74) is 1.38. The molecule has 1 aliphatic heterocycles. The Morgan fingerprint density at radius 1 is 1.23 bits per heavy atom. The molecule has 0 bridgehead atoms. The minimum absolute atomic E-state index is 0.0337. The SMILES string of the molecule is CC(=O)N(CC(=O)NCc1cccc(F)c1)C1=N/C(=C/c2ccc(Cl)cc2)C(=O)N1. The molecule has 0 fully saturated rings. The standard InChI is InChI=1S/C21H18ClFN4O3/c1-13(28)27(12-19(29)24-11-15-3-2-4-17(23)9-15)21-25-18(20(30)26-21)10-14-5-7-16(22)8-6-14/h2-10H,11-12H2,1H3,(H,24,29)(H,25,26,30)/b18-10+. The highest BCUT2D eigenvalue weighted by molar-refractivity contribution is 6.30. The molecule has 2 N–H and O–H groups in total. The van der Waals surface area contributed by atoms with Gasteiger partial charge in [-0.05, 0) is 41.5 Å². The van der Waals surface area contributed by atoms with Gasteiger partial charge in [-0.15, -0.1) is 0 Å². The average molecular weight is 429 g/mol. The van der Waals surface area contributed by atoms with E-state index in [4.69, 9.17) is 11.6 Å². The Hall–Kier alpha value is -3.52. The molecule has 2 aromatic carbocycles. The van der Waals surface area contributed by atoms with Crippen LogP contribution in [0.1, 0.15) is 18.1 Å². The third-order valence-electron chi connectivity index (χ3n) is 4.17. The number of nitrogens with zero attached hydrogens (tertiary/aromatic N) is 2. The maximum Gasteiger partial charge on any atom is 0.276 e. The van der Waals surface area contributed by atoms with Gasteiger partial charge in [-0.3, -0.25) is 24.6 Å². The molecule has 0 spiro atoms. The summed E-state index contributed by atoms with van der Waals surface area (Å²) in [5.74, 6) is -1.89. The van der Waals surface area contributed by atoms with Gasteiger partial charge in [0.15, 0.2) is 0 Å². The zero-order valence-corrected chi connectivity index (χ0v) is 16.7. The van der Waals surface area contributed by atoms with Gasteiger partial charge in [-0.2, -0.15) is 0 Å². The Balaban J connectivity index is 1.69. The fourth-order valence-electron chi connectivity index (χ4n) is 2.68. The average Bonchev–Trinajstić information content (AvgIpc) is 3.06. The molecule has 0 aliphatic carbocycles. The Morgan fingerprint density at radius 3 is 2.63 bits per heavy atom. The van der Waals surface area contributed by atoms with Crippen molar-refractivity contribution in [1.29, 1.82) is 0 Å². The molecular formula is C21H18ClFN4O3. The monoisotopic (exact) mass is 428 g/mol. The van der Waals surface area contributed by atoms with Gasteiger partial charge in [-0.1, -0.05) is 35.9 Å². The van der Waals surface area contributed by atoms with E-state index in [1.165, 1.54) is 25.1 Å². The number of amides is 3. The highest BCUT2D eigenvalue weighted by Crippen LogP contribution is 2.16. The van der Waals surface area contributed by atoms with Crippen molar-refractivity contribution < 1.29 is 18.8 Å². The molecular weight excluding hydrogens is 411 g/mol. The first-order valence-corrected chi connectivity index (χ1v) is 9.36. The van der Waals surface area contributed by atoms with Gasteiger partial charge in [0.2, 0.25) is 17.8 Å². The zero-order valence-electron chi connectivity index (χ0n) is 16.0. The Bertz CT molecular complexity index is 1050. The predicted molar refractivity (Wildman–Crippen MR) is 111 cm³/mol. The molecule has 2 aromatic rings. The maximum atomic E-state index is 13.2. The van der Waals surface area contributed by atoms with Crippen LogP contribution >= 0.6 is 11.6 Å². The summed E-state index contributed by atoms with van der Waals surface area (Å²) >= 11 is 5.85. The van der Waals surface area contributed by atoms with Gasteiger partial charge in [-0.25, -0.2) is 9.38 Å². The van der Waals surface area contributed by atoms with Crippen molar-refractivity contribution in [3.05, 3.63) is 76.2 Å². The number of rotatable bonds is 5. The van der Waals surface area contributed by atoms with E-state index in [0.29, 0.717) is 16.1 Å². The topological polar surface area (TPSA) is 90.9 Å². The van der Waals surface area contributed by atoms with Crippen molar-refractivity contribution in [3.63, 3.8) is 0 Å². The largest absolute Gasteiger partial charge is 0.350 e. The lowest BCUT2D eigenvalue weighted by Gasteiger charge is -2.19. The highest BCUT2D eigenvalue weighted by Gasteiger charge is 2.28. The number of halogens is 2. The molecule has 0 unspecified atom stereocenters. The number of guanidine groups is 1. The van der Waals surface area contributed by atoms with Crippen LogP contribution in [0.3, 0.4) is 0 Å². The fourth-order valence-corrected chi connectivity index (χ4v) is 2.81. The fraction of sp³-hybridized carbons (Fsp3) is 0.143. The van der Waals surface area contributed by atoms with Gasteiger partial charge >= 0.3 is 0 Å². The van der Waals surface area contributed by atoms with Gasteiger partial charge in [0.05, 0.1) is 0 Å². The van der Waals surface area contributed by atoms with E-state index in [0.717, 1.165) is 4.90 Å². The minimum Gasteiger partial charge on any atom is -0.350 e. The molecule has 154 valence electrons. The highest BCUT2D eigenvalue weighted by atomic mass is 35.5. The van der Waals surface area contributed by atoms with Crippen molar-refractivity contribution in [3.8, 4) is 0 Å². The number of hydrogen-bond donors (Lipinski definition) is 2. The second-order valence-electron chi connectivity index (χ2n) is 6.48. The summed E-state index contributed by atoms with van der Waals surface area (Å²) in [7, 11) is 0. The summed E-state index contributed by atoms with van der Waals surface area (Å²) in [6.07, 6.45) is 1.54. The van der Waals surface area contributed by atoms with Gasteiger partial charge in [0.1, 0.15) is 18.1 Å². The molecule has 3 rings (SSSR count). The van der Waals surface area contributed by atoms with Crippen LogP contribution < -0.4 is 10.6 Å². The summed E-state index contributed by atoms with van der Waals surface area (Å²) in [6.45, 7) is 1.01. The first-order chi connectivity index (χ1) is 14.3. The van der Waals surface area contributed by atoms with Crippen LogP contribution in [0.5, 0.6) is 0 Å². The van der Waals surface area contributed by atoms with Crippen molar-refractivity contribution >= 4 is 41.4 Å². The molecule has 9 heteroatoms. The second-order valence-corrected chi connectivity index (χ2v) is 6.92. The summed E-state index contributed by atoms with van der Waals surface area (Å²) < 4.78 is 13.2. The lowest BCUT2D eigenvalue weighted by molar-refractivity contribution is -0.131. The number of aliphatic imine (C=N–C) groups is 1. The number of carbonyl (C=O) groups excluding carboxylic acids is 3. The molecule has 0 aromatic heterocycles. The quantitative estimate of drug-likeness (QED) is 0.717. The molecule has 1 heterocycles. The number of hydrogen-bond acceptors (Lipinski definition) is 4. The maximum absolute atomic E-state index is 13.2. The Morgan fingerprint density at radius 2 is 1.97 bits per heavy atom. The smallest absolute Gasteiger partial charge is 0.276 e. The summed E-state index contributed by atoms with van der Waals surface area (Å²) in [6, 6.07) is 12.6. The van der Waals surface area contributed by atoms with Crippen LogP contribution in [-0.2, 0) is 20.9 Å². The first kappa shape index (κ1) is 21.2. The van der Waals surface area contributed by atoms with Crippen LogP contribution in [0.2, 0.25) is 5.02 Å². The summed E-state index contributed by atoms with van der Waals surface area (Å²) in [4.78, 5) is 41.7. The Labute approximate surface area is 177 Å². The van der Waals surface area contributed by atoms with E-state index >= 15 is 0 Å². The van der Waals surface area contributed by atoms with E-state index in [-0.39, 0.29) is 24.7 Å². The third-order valence-corrected chi connectivity index (χ3v) is 4.43. The van der Waals surface area contributed by atoms with E-state index in [1.54, 1.807) is 36.4 Å². The van der Waals surface area contributed by atoms with Crippen molar-refractivity contribution in [2.45, 2.75) is 13.5 Å². The molecule has 0 atom stereocenters. The molecule has 30 heavy (non-hydrogen) atoms. The van der Waals surface area contributed by atoms with E-state index in [1.807, 2.05) is 0 Å². The molecule has 3 amide bonds. The van der Waals surface area contributed by atoms with Gasteiger partial charge < -0.3 is 5.32 Å². The van der Waals surface area contributed by atoms with Crippen molar-refractivity contribution in [2.24, 2.45) is 4.99 Å². The normalized spacial score (nSPS) is 14.3. The van der Waals surface area contributed by atoms with Crippen LogP contribution in [0.15, 0.2) is 59.2 Å². The zero-order chi connectivity index (χ0) is 21.7. The lowest BCUT2D eigenvalue weighted by Crippen LogP contribution is -2.47. The second kappa shape index (κ2) is 9.32. The van der Waals surface area contributed by atoms with E-state index in [2.05, 4.69) is 15.6 Å². The van der Waals surface area contributed by atoms with E-state index in [9.17, 15) is 18.8 Å². The van der Waals surface area contributed by atoms with Crippen molar-refractivity contribution in [2.75, 3.05) is 6.54 Å². The third kappa shape index (κ3) is 5.51. The van der Waals surface area contributed by atoms with Gasteiger partial charge in [0, 0.05) is 18.5 Å². The first-order valence-electron chi connectivity index (χ1n) is 8.98. The Kier molecular flexibility index (Phi) is 6.58. The molecule has 7 nitrogen and oxygen atoms in total. The number of benzene rings is 2. The molecule has 0 saturated heterocycles.